The minimum absolute atomic E-state index is 0.00666. The van der Waals surface area contributed by atoms with Gasteiger partial charge in [0.15, 0.2) is 5.76 Å². The van der Waals surface area contributed by atoms with Crippen molar-refractivity contribution in [1.29, 1.82) is 0 Å². The molecule has 4 rings (SSSR count). The van der Waals surface area contributed by atoms with Gasteiger partial charge in [0, 0.05) is 12.7 Å². The Bertz CT molecular complexity index is 1260. The fourth-order valence-electron chi connectivity index (χ4n) is 4.68. The highest BCUT2D eigenvalue weighted by Gasteiger charge is 2.46. The number of hydrogen-bond acceptors (Lipinski definition) is 6. The quantitative estimate of drug-likeness (QED) is 0.302. The highest BCUT2D eigenvalue weighted by molar-refractivity contribution is 6.46. The number of ketones is 1. The number of aryl methyl sites for hydroxylation is 1. The lowest BCUT2D eigenvalue weighted by Gasteiger charge is -2.26. The SMILES string of the molecule is CCN(CC)CCCN1C(=O)C(=O)C(=C(O)c2c(C)nc3ccccn23)C1c1cccc(O)c1. The Morgan fingerprint density at radius 3 is 2.59 bits per heavy atom. The first-order valence-electron chi connectivity index (χ1n) is 11.6. The van der Waals surface area contributed by atoms with E-state index in [9.17, 15) is 19.8 Å². The van der Waals surface area contributed by atoms with Crippen molar-refractivity contribution in [1.82, 2.24) is 19.2 Å². The number of phenolic OH excluding ortho intramolecular Hbond substituents is 1. The normalized spacial score (nSPS) is 17.9. The molecule has 178 valence electrons. The van der Waals surface area contributed by atoms with Crippen molar-refractivity contribution in [2.24, 2.45) is 0 Å². The molecule has 2 aromatic heterocycles. The maximum Gasteiger partial charge on any atom is 0.295 e. The van der Waals surface area contributed by atoms with Crippen LogP contribution < -0.4 is 0 Å². The van der Waals surface area contributed by atoms with Crippen LogP contribution in [0.3, 0.4) is 0 Å². The summed E-state index contributed by atoms with van der Waals surface area (Å²) in [7, 11) is 0. The van der Waals surface area contributed by atoms with Crippen LogP contribution in [0.1, 0.15) is 43.3 Å². The van der Waals surface area contributed by atoms with E-state index in [0.717, 1.165) is 19.6 Å². The van der Waals surface area contributed by atoms with Gasteiger partial charge in [0.2, 0.25) is 0 Å². The van der Waals surface area contributed by atoms with E-state index in [0.29, 0.717) is 35.6 Å². The number of Topliss-reactive ketones (excluding diaryl/α,β-unsaturated/α-hetero) is 1. The van der Waals surface area contributed by atoms with Crippen molar-refractivity contribution in [3.63, 3.8) is 0 Å². The number of aromatic nitrogens is 2. The standard InChI is InChI=1S/C26H30N4O4/c1-4-28(5-2)13-9-15-30-23(18-10-8-11-19(31)16-18)21(25(33)26(30)34)24(32)22-17(3)27-20-12-6-7-14-29(20)22/h6-8,10-12,14,16,23,31-32H,4-5,9,13,15H2,1-3H3. The molecule has 1 saturated heterocycles. The van der Waals surface area contributed by atoms with Gasteiger partial charge >= 0.3 is 0 Å². The number of benzene rings is 1. The minimum atomic E-state index is -0.808. The number of nitrogens with zero attached hydrogens (tertiary/aromatic N) is 4. The van der Waals surface area contributed by atoms with E-state index < -0.39 is 17.7 Å². The number of pyridine rings is 1. The zero-order valence-electron chi connectivity index (χ0n) is 19.7. The van der Waals surface area contributed by atoms with E-state index in [-0.39, 0.29) is 17.1 Å². The number of rotatable bonds is 8. The van der Waals surface area contributed by atoms with Gasteiger partial charge in [-0.3, -0.25) is 14.0 Å². The molecule has 3 heterocycles. The van der Waals surface area contributed by atoms with Crippen LogP contribution in [0.5, 0.6) is 5.75 Å². The van der Waals surface area contributed by atoms with E-state index >= 15 is 0 Å². The average molecular weight is 463 g/mol. The number of fused-ring (bicyclic) bond motifs is 1. The summed E-state index contributed by atoms with van der Waals surface area (Å²) in [6, 6.07) is 11.1. The number of phenols is 1. The molecule has 1 atom stereocenters. The van der Waals surface area contributed by atoms with Gasteiger partial charge in [-0.2, -0.15) is 0 Å². The van der Waals surface area contributed by atoms with Gasteiger partial charge < -0.3 is 20.0 Å². The maximum atomic E-state index is 13.3. The lowest BCUT2D eigenvalue weighted by atomic mass is 9.96. The van der Waals surface area contributed by atoms with Crippen molar-refractivity contribution in [2.45, 2.75) is 33.2 Å². The van der Waals surface area contributed by atoms with Crippen LogP contribution in [0, 0.1) is 6.92 Å². The molecular formula is C26H30N4O4. The highest BCUT2D eigenvalue weighted by atomic mass is 16.3. The zero-order chi connectivity index (χ0) is 24.4. The molecule has 3 aromatic rings. The van der Waals surface area contributed by atoms with Crippen LogP contribution in [-0.2, 0) is 9.59 Å². The van der Waals surface area contributed by atoms with Crippen LogP contribution in [0.2, 0.25) is 0 Å². The predicted octanol–water partition coefficient (Wildman–Crippen LogP) is 3.50. The number of carbonyl (C=O) groups is 2. The lowest BCUT2D eigenvalue weighted by Crippen LogP contribution is -2.33. The van der Waals surface area contributed by atoms with E-state index in [4.69, 9.17) is 0 Å². The second-order valence-electron chi connectivity index (χ2n) is 8.44. The Hall–Kier alpha value is -3.65. The Morgan fingerprint density at radius 2 is 1.88 bits per heavy atom. The molecule has 2 N–H and O–H groups in total. The number of likely N-dealkylation sites (tertiary alicyclic amines) is 1. The summed E-state index contributed by atoms with van der Waals surface area (Å²) in [6.45, 7) is 8.87. The largest absolute Gasteiger partial charge is 0.508 e. The Kier molecular flexibility index (Phi) is 6.70. The molecular weight excluding hydrogens is 432 g/mol. The molecule has 0 aliphatic carbocycles. The zero-order valence-corrected chi connectivity index (χ0v) is 19.7. The van der Waals surface area contributed by atoms with Crippen LogP contribution in [-0.4, -0.2) is 67.3 Å². The molecule has 0 radical (unpaired) electrons. The fourth-order valence-corrected chi connectivity index (χ4v) is 4.68. The second kappa shape index (κ2) is 9.69. The van der Waals surface area contributed by atoms with E-state index in [1.165, 1.54) is 17.0 Å². The van der Waals surface area contributed by atoms with Crippen molar-refractivity contribution in [3.05, 3.63) is 71.2 Å². The maximum absolute atomic E-state index is 13.3. The lowest BCUT2D eigenvalue weighted by molar-refractivity contribution is -0.140. The number of hydrogen-bond donors (Lipinski definition) is 2. The number of amides is 1. The summed E-state index contributed by atoms with van der Waals surface area (Å²) in [5.41, 5.74) is 2.12. The van der Waals surface area contributed by atoms with Gasteiger partial charge in [-0.1, -0.05) is 32.0 Å². The second-order valence-corrected chi connectivity index (χ2v) is 8.44. The Labute approximate surface area is 198 Å². The molecule has 8 heteroatoms. The van der Waals surface area contributed by atoms with Crippen LogP contribution in [0.25, 0.3) is 11.4 Å². The van der Waals surface area contributed by atoms with E-state index in [1.54, 1.807) is 29.7 Å². The molecule has 1 unspecified atom stereocenters. The van der Waals surface area contributed by atoms with Gasteiger partial charge in [-0.15, -0.1) is 0 Å². The number of carbonyl (C=O) groups excluding carboxylic acids is 2. The topological polar surface area (TPSA) is 98.4 Å². The molecule has 0 bridgehead atoms. The van der Waals surface area contributed by atoms with Gasteiger partial charge in [0.25, 0.3) is 11.7 Å². The Morgan fingerprint density at radius 1 is 1.12 bits per heavy atom. The summed E-state index contributed by atoms with van der Waals surface area (Å²) in [5.74, 6) is -1.63. The number of aromatic hydroxyl groups is 1. The molecule has 0 saturated carbocycles. The first kappa shape index (κ1) is 23.5. The third-order valence-electron chi connectivity index (χ3n) is 6.42. The first-order chi connectivity index (χ1) is 16.4. The van der Waals surface area contributed by atoms with Gasteiger partial charge in [0.05, 0.1) is 17.3 Å². The van der Waals surface area contributed by atoms with Crippen LogP contribution >= 0.6 is 0 Å². The van der Waals surface area contributed by atoms with E-state index in [1.807, 2.05) is 18.2 Å². The molecule has 1 aliphatic heterocycles. The van der Waals surface area contributed by atoms with Crippen molar-refractivity contribution >= 4 is 23.1 Å². The van der Waals surface area contributed by atoms with Gasteiger partial charge in [0.1, 0.15) is 17.1 Å². The first-order valence-corrected chi connectivity index (χ1v) is 11.6. The molecule has 1 aliphatic rings. The molecule has 8 nitrogen and oxygen atoms in total. The van der Waals surface area contributed by atoms with E-state index in [2.05, 4.69) is 23.7 Å². The average Bonchev–Trinajstić information content (AvgIpc) is 3.29. The predicted molar refractivity (Wildman–Crippen MR) is 129 cm³/mol. The van der Waals surface area contributed by atoms with Gasteiger partial charge in [-0.05, 0) is 62.8 Å². The molecule has 1 fully saturated rings. The van der Waals surface area contributed by atoms with Crippen molar-refractivity contribution < 1.29 is 19.8 Å². The third-order valence-corrected chi connectivity index (χ3v) is 6.42. The third kappa shape index (κ3) is 4.17. The number of aliphatic hydroxyl groups excluding tert-OH is 1. The highest BCUT2D eigenvalue weighted by Crippen LogP contribution is 2.40. The van der Waals surface area contributed by atoms with Crippen molar-refractivity contribution in [3.8, 4) is 5.75 Å². The smallest absolute Gasteiger partial charge is 0.295 e. The number of imidazole rings is 1. The summed E-state index contributed by atoms with van der Waals surface area (Å²) in [5, 5.41) is 21.5. The Balaban J connectivity index is 1.82. The molecule has 34 heavy (non-hydrogen) atoms. The summed E-state index contributed by atoms with van der Waals surface area (Å²) in [4.78, 5) is 34.7. The summed E-state index contributed by atoms with van der Waals surface area (Å²) < 4.78 is 1.71. The monoisotopic (exact) mass is 462 g/mol. The molecule has 0 spiro atoms. The summed E-state index contributed by atoms with van der Waals surface area (Å²) in [6.07, 6.45) is 2.44. The van der Waals surface area contributed by atoms with Crippen LogP contribution in [0.4, 0.5) is 0 Å². The number of aliphatic hydroxyl groups is 1. The fraction of sp³-hybridized carbons (Fsp3) is 0.346. The minimum Gasteiger partial charge on any atom is -0.508 e. The molecule has 1 aromatic carbocycles. The van der Waals surface area contributed by atoms with Crippen LogP contribution in [0.15, 0.2) is 54.2 Å². The summed E-state index contributed by atoms with van der Waals surface area (Å²) >= 11 is 0. The van der Waals surface area contributed by atoms with Gasteiger partial charge in [-0.25, -0.2) is 4.98 Å². The molecule has 1 amide bonds. The van der Waals surface area contributed by atoms with Crippen molar-refractivity contribution in [2.75, 3.05) is 26.2 Å².